The SMILES string of the molecule is Fc1ccc(F)c(-c2cc(-n3c4ccccc4c4ccc(-c5ccccc5)cc43)c(C(F)(F)F)c(-n3c4ccccc4c4ccc(-c5ccccc5)cc43)c2)c1F. The maximum atomic E-state index is 16.3. The number of fused-ring (bicyclic) bond motifs is 6. The van der Waals surface area contributed by atoms with Crippen LogP contribution in [0, 0.1) is 17.5 Å². The number of halogens is 6. The highest BCUT2D eigenvalue weighted by molar-refractivity contribution is 6.12. The fourth-order valence-corrected chi connectivity index (χ4v) is 8.27. The van der Waals surface area contributed by atoms with Gasteiger partial charge in [-0.15, -0.1) is 0 Å². The summed E-state index contributed by atoms with van der Waals surface area (Å²) in [4.78, 5) is 0. The molecular formula is C49H28F6N2. The highest BCUT2D eigenvalue weighted by atomic mass is 19.4. The number of para-hydroxylation sites is 2. The van der Waals surface area contributed by atoms with Crippen LogP contribution in [0.5, 0.6) is 0 Å². The van der Waals surface area contributed by atoms with E-state index >= 15 is 22.0 Å². The van der Waals surface area contributed by atoms with Gasteiger partial charge >= 0.3 is 6.18 Å². The molecule has 0 saturated carbocycles. The molecule has 0 atom stereocenters. The van der Waals surface area contributed by atoms with Gasteiger partial charge in [-0.05, 0) is 76.3 Å². The predicted octanol–water partition coefficient (Wildman–Crippen LogP) is 14.3. The monoisotopic (exact) mass is 758 g/mol. The van der Waals surface area contributed by atoms with Crippen LogP contribution in [-0.4, -0.2) is 9.13 Å². The van der Waals surface area contributed by atoms with Crippen LogP contribution in [0.25, 0.3) is 88.4 Å². The molecule has 0 unspecified atom stereocenters. The first kappa shape index (κ1) is 34.4. The maximum absolute atomic E-state index is 16.3. The normalized spacial score (nSPS) is 12.0. The summed E-state index contributed by atoms with van der Waals surface area (Å²) in [6, 6.07) is 48.0. The fourth-order valence-electron chi connectivity index (χ4n) is 8.27. The number of benzene rings is 8. The summed E-state index contributed by atoms with van der Waals surface area (Å²) >= 11 is 0. The molecule has 10 rings (SSSR count). The number of hydrogen-bond acceptors (Lipinski definition) is 0. The van der Waals surface area contributed by atoms with Gasteiger partial charge in [-0.25, -0.2) is 13.2 Å². The van der Waals surface area contributed by atoms with E-state index < -0.39 is 34.8 Å². The minimum absolute atomic E-state index is 0.266. The lowest BCUT2D eigenvalue weighted by Crippen LogP contribution is -2.16. The largest absolute Gasteiger partial charge is 0.420 e. The van der Waals surface area contributed by atoms with Crippen LogP contribution < -0.4 is 0 Å². The van der Waals surface area contributed by atoms with Crippen LogP contribution in [0.3, 0.4) is 0 Å². The molecule has 276 valence electrons. The Hall–Kier alpha value is -7.06. The van der Waals surface area contributed by atoms with Gasteiger partial charge in [0.05, 0.1) is 39.0 Å². The van der Waals surface area contributed by atoms with Gasteiger partial charge in [0.25, 0.3) is 0 Å². The lowest BCUT2D eigenvalue weighted by Gasteiger charge is -2.23. The second-order valence-electron chi connectivity index (χ2n) is 14.0. The zero-order chi connectivity index (χ0) is 39.0. The lowest BCUT2D eigenvalue weighted by atomic mass is 9.97. The van der Waals surface area contributed by atoms with E-state index in [4.69, 9.17) is 0 Å². The van der Waals surface area contributed by atoms with Crippen molar-refractivity contribution in [2.24, 2.45) is 0 Å². The quantitative estimate of drug-likeness (QED) is 0.122. The minimum Gasteiger partial charge on any atom is -0.309 e. The Morgan fingerprint density at radius 1 is 0.351 bits per heavy atom. The molecule has 10 aromatic rings. The van der Waals surface area contributed by atoms with Gasteiger partial charge in [0.2, 0.25) is 0 Å². The molecule has 0 radical (unpaired) electrons. The van der Waals surface area contributed by atoms with Crippen LogP contribution in [0.1, 0.15) is 5.56 Å². The van der Waals surface area contributed by atoms with Gasteiger partial charge in [-0.1, -0.05) is 121 Å². The summed E-state index contributed by atoms with van der Waals surface area (Å²) in [5.74, 6) is -3.95. The number of aromatic nitrogens is 2. The Morgan fingerprint density at radius 3 is 1.25 bits per heavy atom. The van der Waals surface area contributed by atoms with Crippen molar-refractivity contribution >= 4 is 43.6 Å². The molecule has 2 nitrogen and oxygen atoms in total. The van der Waals surface area contributed by atoms with Crippen LogP contribution in [-0.2, 0) is 6.18 Å². The first-order valence-corrected chi connectivity index (χ1v) is 18.2. The standard InChI is InChI=1S/C49H28F6N2/c50-38-23-24-39(51)48(52)46(38)33-27-44(56-40-17-9-7-15-34(40)36-21-19-31(25-42(36)56)29-11-3-1-4-12-29)47(49(53,54)55)45(28-33)57-41-18-10-8-16-35(41)37-22-20-32(26-43(37)57)30-13-5-2-6-14-30/h1-28H. The molecule has 0 bridgehead atoms. The van der Waals surface area contributed by atoms with E-state index in [9.17, 15) is 4.39 Å². The third-order valence-corrected chi connectivity index (χ3v) is 10.8. The van der Waals surface area contributed by atoms with Gasteiger partial charge in [0.15, 0.2) is 11.6 Å². The number of rotatable bonds is 5. The first-order valence-electron chi connectivity index (χ1n) is 18.2. The lowest BCUT2D eigenvalue weighted by molar-refractivity contribution is -0.137. The van der Waals surface area contributed by atoms with Crippen LogP contribution >= 0.6 is 0 Å². The van der Waals surface area contributed by atoms with Crippen molar-refractivity contribution in [2.45, 2.75) is 6.18 Å². The molecule has 57 heavy (non-hydrogen) atoms. The van der Waals surface area contributed by atoms with Gasteiger partial charge in [0, 0.05) is 21.5 Å². The molecule has 2 aromatic heterocycles. The number of hydrogen-bond donors (Lipinski definition) is 0. The Labute approximate surface area is 322 Å². The van der Waals surface area contributed by atoms with Gasteiger partial charge in [0.1, 0.15) is 11.4 Å². The van der Waals surface area contributed by atoms with Crippen LogP contribution in [0.4, 0.5) is 26.3 Å². The molecule has 0 aliphatic carbocycles. The minimum atomic E-state index is -5.01. The summed E-state index contributed by atoms with van der Waals surface area (Å²) in [5, 5.41) is 2.72. The zero-order valence-corrected chi connectivity index (χ0v) is 29.8. The van der Waals surface area contributed by atoms with E-state index in [0.717, 1.165) is 40.5 Å². The summed E-state index contributed by atoms with van der Waals surface area (Å²) in [5.41, 5.74) is 2.17. The smallest absolute Gasteiger partial charge is 0.309 e. The number of alkyl halides is 3. The molecule has 0 saturated heterocycles. The average molecular weight is 759 g/mol. The second kappa shape index (κ2) is 13.0. The van der Waals surface area contributed by atoms with Crippen molar-refractivity contribution < 1.29 is 26.3 Å². The molecule has 8 aromatic carbocycles. The van der Waals surface area contributed by atoms with Gasteiger partial charge < -0.3 is 9.13 Å². The summed E-state index contributed by atoms with van der Waals surface area (Å²) in [6.07, 6.45) is -5.01. The first-order chi connectivity index (χ1) is 27.7. The molecule has 0 N–H and O–H groups in total. The van der Waals surface area contributed by atoms with Gasteiger partial charge in [-0.2, -0.15) is 13.2 Å². The topological polar surface area (TPSA) is 9.86 Å². The van der Waals surface area contributed by atoms with Crippen molar-refractivity contribution in [3.8, 4) is 44.8 Å². The van der Waals surface area contributed by atoms with E-state index in [1.54, 1.807) is 24.3 Å². The third-order valence-electron chi connectivity index (χ3n) is 10.8. The average Bonchev–Trinajstić information content (AvgIpc) is 3.74. The Balaban J connectivity index is 1.40. The summed E-state index contributed by atoms with van der Waals surface area (Å²) in [7, 11) is 0. The van der Waals surface area contributed by atoms with E-state index in [1.807, 2.05) is 121 Å². The molecule has 0 fully saturated rings. The molecule has 2 heterocycles. The zero-order valence-electron chi connectivity index (χ0n) is 29.8. The Kier molecular flexibility index (Phi) is 7.87. The summed E-state index contributed by atoms with van der Waals surface area (Å²) < 4.78 is 98.6. The summed E-state index contributed by atoms with van der Waals surface area (Å²) in [6.45, 7) is 0. The van der Waals surface area contributed by atoms with E-state index in [2.05, 4.69) is 0 Å². The van der Waals surface area contributed by atoms with Crippen LogP contribution in [0.2, 0.25) is 0 Å². The van der Waals surface area contributed by atoms with E-state index in [-0.39, 0.29) is 16.9 Å². The second-order valence-corrected chi connectivity index (χ2v) is 14.0. The predicted molar refractivity (Wildman–Crippen MR) is 216 cm³/mol. The highest BCUT2D eigenvalue weighted by Crippen LogP contribution is 2.47. The van der Waals surface area contributed by atoms with Crippen LogP contribution in [0.15, 0.2) is 170 Å². The highest BCUT2D eigenvalue weighted by Gasteiger charge is 2.40. The van der Waals surface area contributed by atoms with E-state index in [0.29, 0.717) is 49.7 Å². The van der Waals surface area contributed by atoms with Crippen molar-refractivity contribution in [3.63, 3.8) is 0 Å². The molecule has 0 amide bonds. The molecule has 0 spiro atoms. The van der Waals surface area contributed by atoms with Crippen molar-refractivity contribution in [1.82, 2.24) is 9.13 Å². The molecule has 0 aliphatic heterocycles. The van der Waals surface area contributed by atoms with Crippen molar-refractivity contribution in [2.75, 3.05) is 0 Å². The van der Waals surface area contributed by atoms with Crippen molar-refractivity contribution in [3.05, 3.63) is 193 Å². The molecular weight excluding hydrogens is 731 g/mol. The number of nitrogens with zero attached hydrogens (tertiary/aromatic N) is 2. The molecule has 0 aliphatic rings. The Morgan fingerprint density at radius 2 is 0.772 bits per heavy atom. The fraction of sp³-hybridized carbons (Fsp3) is 0.0204. The third kappa shape index (κ3) is 5.51. The maximum Gasteiger partial charge on any atom is 0.420 e. The Bertz CT molecular complexity index is 3020. The van der Waals surface area contributed by atoms with Crippen molar-refractivity contribution in [1.29, 1.82) is 0 Å². The van der Waals surface area contributed by atoms with E-state index in [1.165, 1.54) is 9.13 Å². The molecule has 8 heteroatoms. The van der Waals surface area contributed by atoms with Gasteiger partial charge in [-0.3, -0.25) is 0 Å².